The van der Waals surface area contributed by atoms with Gasteiger partial charge in [0.1, 0.15) is 11.6 Å². The summed E-state index contributed by atoms with van der Waals surface area (Å²) in [6.45, 7) is 9.27. The molecule has 1 saturated heterocycles. The van der Waals surface area contributed by atoms with Crippen LogP contribution in [0.5, 0.6) is 5.75 Å². The molecule has 1 aliphatic heterocycles. The number of piperidine rings is 1. The molecular weight excluding hydrogens is 406 g/mol. The van der Waals surface area contributed by atoms with Crippen LogP contribution in [0.15, 0.2) is 36.7 Å². The fourth-order valence-electron chi connectivity index (χ4n) is 4.01. The summed E-state index contributed by atoms with van der Waals surface area (Å²) in [5.41, 5.74) is 1.10. The largest absolute Gasteiger partial charge is 0.484 e. The van der Waals surface area contributed by atoms with E-state index in [2.05, 4.69) is 14.9 Å². The molecule has 0 bridgehead atoms. The van der Waals surface area contributed by atoms with E-state index in [0.717, 1.165) is 30.7 Å². The maximum absolute atomic E-state index is 12.8. The van der Waals surface area contributed by atoms with Gasteiger partial charge in [0.05, 0.1) is 0 Å². The van der Waals surface area contributed by atoms with Gasteiger partial charge in [0.2, 0.25) is 0 Å². The molecule has 1 aromatic heterocycles. The lowest BCUT2D eigenvalue weighted by atomic mass is 10.0. The third-order valence-corrected chi connectivity index (χ3v) is 5.90. The van der Waals surface area contributed by atoms with Crippen LogP contribution in [-0.4, -0.2) is 70.1 Å². The molecule has 2 heterocycles. The van der Waals surface area contributed by atoms with Crippen LogP contribution in [0, 0.1) is 13.8 Å². The van der Waals surface area contributed by atoms with E-state index in [1.807, 2.05) is 61.0 Å². The van der Waals surface area contributed by atoms with Crippen molar-refractivity contribution in [2.24, 2.45) is 0 Å². The Bertz CT molecular complexity index is 889. The smallest absolute Gasteiger partial charge is 0.317 e. The normalized spacial score (nSPS) is 14.3. The van der Waals surface area contributed by atoms with Gasteiger partial charge >= 0.3 is 6.03 Å². The summed E-state index contributed by atoms with van der Waals surface area (Å²) in [5, 5.41) is 3.01. The zero-order valence-corrected chi connectivity index (χ0v) is 19.4. The number of aryl methyl sites for hydroxylation is 2. The Balaban J connectivity index is 1.53. The average Bonchev–Trinajstić information content (AvgIpc) is 3.21. The summed E-state index contributed by atoms with van der Waals surface area (Å²) in [4.78, 5) is 33.5. The van der Waals surface area contributed by atoms with Crippen molar-refractivity contribution in [3.8, 4) is 5.75 Å². The Labute approximate surface area is 190 Å². The third kappa shape index (κ3) is 6.48. The van der Waals surface area contributed by atoms with Crippen molar-refractivity contribution in [2.45, 2.75) is 52.6 Å². The molecule has 3 amide bonds. The van der Waals surface area contributed by atoms with Gasteiger partial charge < -0.3 is 24.4 Å². The van der Waals surface area contributed by atoms with Gasteiger partial charge in [0.15, 0.2) is 6.61 Å². The number of benzene rings is 1. The number of nitrogens with one attached hydrogen (secondary N) is 1. The molecule has 1 N–H and O–H groups in total. The second-order valence-corrected chi connectivity index (χ2v) is 8.31. The highest BCUT2D eigenvalue weighted by Crippen LogP contribution is 2.18. The van der Waals surface area contributed by atoms with E-state index in [9.17, 15) is 9.59 Å². The third-order valence-electron chi connectivity index (χ3n) is 5.90. The van der Waals surface area contributed by atoms with E-state index in [0.29, 0.717) is 38.5 Å². The monoisotopic (exact) mass is 441 g/mol. The quantitative estimate of drug-likeness (QED) is 0.649. The van der Waals surface area contributed by atoms with Crippen LogP contribution in [0.4, 0.5) is 4.79 Å². The molecule has 0 unspecified atom stereocenters. The van der Waals surface area contributed by atoms with E-state index < -0.39 is 0 Å². The first-order valence-electron chi connectivity index (χ1n) is 11.5. The Morgan fingerprint density at radius 1 is 1.25 bits per heavy atom. The molecule has 1 aliphatic rings. The summed E-state index contributed by atoms with van der Waals surface area (Å²) >= 11 is 0. The van der Waals surface area contributed by atoms with E-state index in [4.69, 9.17) is 4.74 Å². The number of hydrogen-bond donors (Lipinski definition) is 1. The van der Waals surface area contributed by atoms with E-state index >= 15 is 0 Å². The molecular formula is C24H35N5O3. The lowest BCUT2D eigenvalue weighted by Crippen LogP contribution is -2.53. The molecule has 8 heteroatoms. The molecule has 2 aromatic rings. The molecule has 32 heavy (non-hydrogen) atoms. The first kappa shape index (κ1) is 23.6. The number of amides is 3. The Kier molecular flexibility index (Phi) is 8.53. The lowest BCUT2D eigenvalue weighted by molar-refractivity contribution is -0.134. The van der Waals surface area contributed by atoms with Crippen LogP contribution in [0.25, 0.3) is 0 Å². The number of rotatable bonds is 9. The lowest BCUT2D eigenvalue weighted by Gasteiger charge is -2.38. The van der Waals surface area contributed by atoms with Gasteiger partial charge in [0, 0.05) is 51.2 Å². The van der Waals surface area contributed by atoms with E-state index in [-0.39, 0.29) is 24.6 Å². The van der Waals surface area contributed by atoms with Gasteiger partial charge in [-0.15, -0.1) is 0 Å². The van der Waals surface area contributed by atoms with Crippen LogP contribution in [0.3, 0.4) is 0 Å². The molecule has 1 aromatic carbocycles. The SMILES string of the molecule is CCCNC(=O)N(CCn1ccnc1C)C1CCN(C(=O)COc2cccc(C)c2)CC1. The predicted molar refractivity (Wildman–Crippen MR) is 124 cm³/mol. The van der Waals surface area contributed by atoms with Crippen molar-refractivity contribution in [1.82, 2.24) is 24.7 Å². The number of urea groups is 1. The molecule has 3 rings (SSSR count). The zero-order chi connectivity index (χ0) is 22.9. The number of carbonyl (C=O) groups is 2. The fourth-order valence-corrected chi connectivity index (χ4v) is 4.01. The fraction of sp³-hybridized carbons (Fsp3) is 0.542. The topological polar surface area (TPSA) is 79.7 Å². The van der Waals surface area contributed by atoms with Gasteiger partial charge in [-0.3, -0.25) is 4.79 Å². The van der Waals surface area contributed by atoms with E-state index in [1.165, 1.54) is 0 Å². The standard InChI is InChI=1S/C24H35N5O3/c1-4-10-26-24(31)29(16-15-27-14-11-25-20(27)3)21-8-12-28(13-9-21)23(30)18-32-22-7-5-6-19(2)17-22/h5-7,11,14,17,21H,4,8-10,12-13,15-16,18H2,1-3H3,(H,26,31). The minimum Gasteiger partial charge on any atom is -0.484 e. The molecule has 0 atom stereocenters. The Morgan fingerprint density at radius 2 is 2.03 bits per heavy atom. The summed E-state index contributed by atoms with van der Waals surface area (Å²) in [5.74, 6) is 1.63. The number of ether oxygens (including phenoxy) is 1. The van der Waals surface area contributed by atoms with Crippen LogP contribution in [0.1, 0.15) is 37.6 Å². The van der Waals surface area contributed by atoms with Gasteiger partial charge in [-0.25, -0.2) is 9.78 Å². The highest BCUT2D eigenvalue weighted by Gasteiger charge is 2.29. The molecule has 0 spiro atoms. The minimum atomic E-state index is -0.0304. The van der Waals surface area contributed by atoms with Crippen molar-refractivity contribution in [1.29, 1.82) is 0 Å². The molecule has 0 aliphatic carbocycles. The Hall–Kier alpha value is -3.03. The highest BCUT2D eigenvalue weighted by molar-refractivity contribution is 5.78. The number of nitrogens with zero attached hydrogens (tertiary/aromatic N) is 4. The van der Waals surface area contributed by atoms with Gasteiger partial charge in [0.25, 0.3) is 5.91 Å². The van der Waals surface area contributed by atoms with Crippen LogP contribution in [0.2, 0.25) is 0 Å². The van der Waals surface area contributed by atoms with Crippen LogP contribution < -0.4 is 10.1 Å². The summed E-state index contributed by atoms with van der Waals surface area (Å²) in [6.07, 6.45) is 6.14. The van der Waals surface area contributed by atoms with E-state index in [1.54, 1.807) is 6.20 Å². The van der Waals surface area contributed by atoms with Gasteiger partial charge in [-0.05, 0) is 50.8 Å². The van der Waals surface area contributed by atoms with Crippen molar-refractivity contribution >= 4 is 11.9 Å². The van der Waals surface area contributed by atoms with Gasteiger partial charge in [-0.2, -0.15) is 0 Å². The van der Waals surface area contributed by atoms with Gasteiger partial charge in [-0.1, -0.05) is 19.1 Å². The number of likely N-dealkylation sites (tertiary alicyclic amines) is 1. The van der Waals surface area contributed by atoms with Crippen molar-refractivity contribution < 1.29 is 14.3 Å². The number of hydrogen-bond acceptors (Lipinski definition) is 4. The zero-order valence-electron chi connectivity index (χ0n) is 19.4. The number of imidazole rings is 1. The van der Waals surface area contributed by atoms with Crippen molar-refractivity contribution in [3.05, 3.63) is 48.0 Å². The maximum Gasteiger partial charge on any atom is 0.317 e. The molecule has 1 fully saturated rings. The first-order valence-corrected chi connectivity index (χ1v) is 11.5. The molecule has 0 saturated carbocycles. The number of carbonyl (C=O) groups excluding carboxylic acids is 2. The highest BCUT2D eigenvalue weighted by atomic mass is 16.5. The predicted octanol–water partition coefficient (Wildman–Crippen LogP) is 2.99. The molecule has 174 valence electrons. The van der Waals surface area contributed by atoms with Crippen molar-refractivity contribution in [3.63, 3.8) is 0 Å². The summed E-state index contributed by atoms with van der Waals surface area (Å²) in [7, 11) is 0. The van der Waals surface area contributed by atoms with Crippen LogP contribution >= 0.6 is 0 Å². The minimum absolute atomic E-state index is 0.0130. The second kappa shape index (κ2) is 11.5. The molecule has 8 nitrogen and oxygen atoms in total. The Morgan fingerprint density at radius 3 is 2.69 bits per heavy atom. The summed E-state index contributed by atoms with van der Waals surface area (Å²) in [6, 6.07) is 7.78. The summed E-state index contributed by atoms with van der Waals surface area (Å²) < 4.78 is 7.73. The molecule has 0 radical (unpaired) electrons. The number of aromatic nitrogens is 2. The second-order valence-electron chi connectivity index (χ2n) is 8.31. The van der Waals surface area contributed by atoms with Crippen molar-refractivity contribution in [2.75, 3.05) is 32.8 Å². The van der Waals surface area contributed by atoms with Crippen LogP contribution in [-0.2, 0) is 11.3 Å². The first-order chi connectivity index (χ1) is 15.5. The maximum atomic E-state index is 12.8. The average molecular weight is 442 g/mol.